The highest BCUT2D eigenvalue weighted by Crippen LogP contribution is 2.27. The minimum Gasteiger partial charge on any atom is -0.377 e. The molecule has 0 aromatic heterocycles. The monoisotopic (exact) mass is 390 g/mol. The molecule has 0 saturated carbocycles. The molecule has 2 atom stereocenters. The van der Waals surface area contributed by atoms with E-state index in [0.29, 0.717) is 37.8 Å². The Morgan fingerprint density at radius 2 is 1.76 bits per heavy atom. The van der Waals surface area contributed by atoms with Crippen molar-refractivity contribution < 1.29 is 9.53 Å². The fourth-order valence-corrected chi connectivity index (χ4v) is 3.97. The van der Waals surface area contributed by atoms with Crippen LogP contribution < -0.4 is 0 Å². The number of carbonyl (C=O) groups excluding carboxylic acids is 1. The highest BCUT2D eigenvalue weighted by Gasteiger charge is 2.29. The van der Waals surface area contributed by atoms with Crippen molar-refractivity contribution in [3.63, 3.8) is 0 Å². The second kappa shape index (κ2) is 11.5. The maximum absolute atomic E-state index is 12.4. The zero-order chi connectivity index (χ0) is 20.3. The van der Waals surface area contributed by atoms with Crippen molar-refractivity contribution in [2.24, 2.45) is 5.92 Å². The van der Waals surface area contributed by atoms with Gasteiger partial charge < -0.3 is 4.74 Å². The van der Waals surface area contributed by atoms with Crippen molar-refractivity contribution in [2.75, 3.05) is 13.2 Å². The molecule has 0 aliphatic carbocycles. The molecule has 4 nitrogen and oxygen atoms in total. The molecule has 29 heavy (non-hydrogen) atoms. The molecule has 152 valence electrons. The van der Waals surface area contributed by atoms with E-state index in [0.717, 1.165) is 37.9 Å². The van der Waals surface area contributed by atoms with Gasteiger partial charge >= 0.3 is 0 Å². The lowest BCUT2D eigenvalue weighted by Crippen LogP contribution is -2.41. The van der Waals surface area contributed by atoms with E-state index in [1.807, 2.05) is 48.5 Å². The summed E-state index contributed by atoms with van der Waals surface area (Å²) in [6, 6.07) is 22.7. The largest absolute Gasteiger partial charge is 0.377 e. The number of nitrogens with zero attached hydrogens (tertiary/aromatic N) is 2. The number of nitriles is 1. The molecule has 0 amide bonds. The zero-order valence-corrected chi connectivity index (χ0v) is 17.0. The van der Waals surface area contributed by atoms with E-state index in [1.54, 1.807) is 0 Å². The molecular weight excluding hydrogens is 360 g/mol. The Morgan fingerprint density at radius 3 is 2.45 bits per heavy atom. The Balaban J connectivity index is 1.34. The predicted octanol–water partition coefficient (Wildman–Crippen LogP) is 4.75. The minimum absolute atomic E-state index is 0.101. The summed E-state index contributed by atoms with van der Waals surface area (Å²) in [7, 11) is 0. The van der Waals surface area contributed by atoms with Gasteiger partial charge in [-0.3, -0.25) is 9.69 Å². The Morgan fingerprint density at radius 1 is 1.07 bits per heavy atom. The molecule has 3 rings (SSSR count). The molecular formula is C25H30N2O2. The summed E-state index contributed by atoms with van der Waals surface area (Å²) in [6.07, 6.45) is 3.70. The smallest absolute Gasteiger partial charge is 0.133 e. The van der Waals surface area contributed by atoms with Crippen molar-refractivity contribution in [3.05, 3.63) is 71.8 Å². The van der Waals surface area contributed by atoms with Crippen LogP contribution in [0.15, 0.2) is 60.7 Å². The third kappa shape index (κ3) is 7.12. The molecule has 0 N–H and O–H groups in total. The molecule has 1 aliphatic heterocycles. The number of Topliss-reactive ketones (excluding diaryl/α,β-unsaturated/α-hetero) is 1. The standard InChI is InChI=1S/C25H30N2O2/c26-18-24-16-23(13-14-27(24)19-21-8-3-1-4-9-21)17-25(28)12-7-15-29-20-22-10-5-2-6-11-22/h1-6,8-11,23-24H,7,12-17,19-20H2/t23-,24-/m1/s1. The molecule has 4 heteroatoms. The summed E-state index contributed by atoms with van der Waals surface area (Å²) < 4.78 is 5.66. The lowest BCUT2D eigenvalue weighted by molar-refractivity contribution is -0.120. The average molecular weight is 391 g/mol. The molecule has 0 spiro atoms. The van der Waals surface area contributed by atoms with Gasteiger partial charge in [-0.25, -0.2) is 0 Å². The van der Waals surface area contributed by atoms with Crippen molar-refractivity contribution in [1.82, 2.24) is 4.90 Å². The van der Waals surface area contributed by atoms with E-state index in [4.69, 9.17) is 4.74 Å². The molecule has 2 aromatic rings. The van der Waals surface area contributed by atoms with Gasteiger partial charge in [-0.15, -0.1) is 0 Å². The Labute approximate surface area is 174 Å². The Bertz CT molecular complexity index is 785. The number of rotatable bonds is 10. The van der Waals surface area contributed by atoms with Gasteiger partial charge in [0, 0.05) is 32.5 Å². The van der Waals surface area contributed by atoms with Gasteiger partial charge in [-0.2, -0.15) is 5.26 Å². The van der Waals surface area contributed by atoms with Gasteiger partial charge in [-0.05, 0) is 36.3 Å². The average Bonchev–Trinajstić information content (AvgIpc) is 2.76. The van der Waals surface area contributed by atoms with Gasteiger partial charge in [0.1, 0.15) is 5.78 Å². The van der Waals surface area contributed by atoms with Crippen molar-refractivity contribution in [2.45, 2.75) is 51.3 Å². The summed E-state index contributed by atoms with van der Waals surface area (Å²) in [4.78, 5) is 14.6. The summed E-state index contributed by atoms with van der Waals surface area (Å²) in [5.74, 6) is 0.621. The van der Waals surface area contributed by atoms with E-state index in [1.165, 1.54) is 5.56 Å². The zero-order valence-electron chi connectivity index (χ0n) is 17.0. The predicted molar refractivity (Wildman–Crippen MR) is 114 cm³/mol. The van der Waals surface area contributed by atoms with Crippen molar-refractivity contribution in [3.8, 4) is 6.07 Å². The summed E-state index contributed by atoms with van der Waals surface area (Å²) in [6.45, 7) is 2.89. The van der Waals surface area contributed by atoms with Crippen LogP contribution in [0.4, 0.5) is 0 Å². The van der Waals surface area contributed by atoms with E-state index in [9.17, 15) is 10.1 Å². The molecule has 1 aliphatic rings. The number of likely N-dealkylation sites (tertiary alicyclic amines) is 1. The molecule has 1 heterocycles. The summed E-state index contributed by atoms with van der Waals surface area (Å²) in [5.41, 5.74) is 2.39. The number of hydrogen-bond donors (Lipinski definition) is 0. The molecule has 1 saturated heterocycles. The molecule has 1 fully saturated rings. The first-order chi connectivity index (χ1) is 14.2. The first-order valence-corrected chi connectivity index (χ1v) is 10.6. The summed E-state index contributed by atoms with van der Waals surface area (Å²) in [5, 5.41) is 9.59. The molecule has 0 unspecified atom stereocenters. The van der Waals surface area contributed by atoms with Crippen LogP contribution >= 0.6 is 0 Å². The second-order valence-corrected chi connectivity index (χ2v) is 7.88. The first-order valence-electron chi connectivity index (χ1n) is 10.6. The normalized spacial score (nSPS) is 19.6. The quantitative estimate of drug-likeness (QED) is 0.550. The van der Waals surface area contributed by atoms with Crippen LogP contribution in [-0.4, -0.2) is 29.9 Å². The van der Waals surface area contributed by atoms with Gasteiger partial charge in [0.25, 0.3) is 0 Å². The van der Waals surface area contributed by atoms with Crippen LogP contribution in [0.5, 0.6) is 0 Å². The SMILES string of the molecule is N#C[C@H]1C[C@H](CC(=O)CCCOCc2ccccc2)CCN1Cc1ccccc1. The second-order valence-electron chi connectivity index (χ2n) is 7.88. The number of piperidine rings is 1. The van der Waals surface area contributed by atoms with Crippen LogP contribution in [0.3, 0.4) is 0 Å². The lowest BCUT2D eigenvalue weighted by atomic mass is 9.86. The van der Waals surface area contributed by atoms with Crippen molar-refractivity contribution >= 4 is 5.78 Å². The van der Waals surface area contributed by atoms with Crippen LogP contribution in [0.2, 0.25) is 0 Å². The molecule has 0 bridgehead atoms. The van der Waals surface area contributed by atoms with Gasteiger partial charge in [0.05, 0.1) is 18.7 Å². The maximum atomic E-state index is 12.4. The summed E-state index contributed by atoms with van der Waals surface area (Å²) >= 11 is 0. The van der Waals surface area contributed by atoms with E-state index >= 15 is 0 Å². The van der Waals surface area contributed by atoms with Crippen LogP contribution in [0.1, 0.15) is 43.2 Å². The molecule has 2 aromatic carbocycles. The van der Waals surface area contributed by atoms with Crippen LogP contribution in [0.25, 0.3) is 0 Å². The minimum atomic E-state index is -0.101. The first kappa shape index (κ1) is 21.2. The topological polar surface area (TPSA) is 53.3 Å². The fourth-order valence-electron chi connectivity index (χ4n) is 3.97. The number of ketones is 1. The van der Waals surface area contributed by atoms with Crippen LogP contribution in [-0.2, 0) is 22.7 Å². The number of ether oxygens (including phenoxy) is 1. The van der Waals surface area contributed by atoms with Gasteiger partial charge in [0.2, 0.25) is 0 Å². The van der Waals surface area contributed by atoms with E-state index in [2.05, 4.69) is 23.1 Å². The lowest BCUT2D eigenvalue weighted by Gasteiger charge is -2.35. The Hall–Kier alpha value is -2.48. The third-order valence-corrected chi connectivity index (χ3v) is 5.57. The highest BCUT2D eigenvalue weighted by molar-refractivity contribution is 5.78. The third-order valence-electron chi connectivity index (χ3n) is 5.57. The number of benzene rings is 2. The maximum Gasteiger partial charge on any atom is 0.133 e. The number of hydrogen-bond acceptors (Lipinski definition) is 4. The van der Waals surface area contributed by atoms with Crippen LogP contribution in [0, 0.1) is 17.2 Å². The number of carbonyl (C=O) groups is 1. The highest BCUT2D eigenvalue weighted by atomic mass is 16.5. The molecule has 0 radical (unpaired) electrons. The van der Waals surface area contributed by atoms with E-state index in [-0.39, 0.29) is 6.04 Å². The van der Waals surface area contributed by atoms with Gasteiger partial charge in [0.15, 0.2) is 0 Å². The van der Waals surface area contributed by atoms with Crippen molar-refractivity contribution in [1.29, 1.82) is 5.26 Å². The Kier molecular flexibility index (Phi) is 8.42. The van der Waals surface area contributed by atoms with Gasteiger partial charge in [-0.1, -0.05) is 60.7 Å². The van der Waals surface area contributed by atoms with E-state index < -0.39 is 0 Å². The fraction of sp³-hybridized carbons (Fsp3) is 0.440.